The number of methoxy groups -OCH3 is 1. The van der Waals surface area contributed by atoms with E-state index in [1.807, 2.05) is 0 Å². The molecule has 6 heteroatoms. The van der Waals surface area contributed by atoms with Gasteiger partial charge in [0.05, 0.1) is 12.7 Å². The molecule has 0 aliphatic heterocycles. The van der Waals surface area contributed by atoms with Crippen molar-refractivity contribution in [2.45, 2.75) is 58.8 Å². The molecule has 1 aliphatic rings. The highest BCUT2D eigenvalue weighted by Crippen LogP contribution is 2.37. The molecule has 1 heterocycles. The van der Waals surface area contributed by atoms with Crippen molar-refractivity contribution in [3.8, 4) is 0 Å². The third kappa shape index (κ3) is 4.55. The van der Waals surface area contributed by atoms with E-state index in [0.717, 1.165) is 47.5 Å². The Morgan fingerprint density at radius 3 is 2.64 bits per heavy atom. The molecule has 2 N–H and O–H groups in total. The molecule has 1 aliphatic carbocycles. The van der Waals surface area contributed by atoms with Gasteiger partial charge in [0.25, 0.3) is 0 Å². The first-order valence-corrected chi connectivity index (χ1v) is 11.2. The summed E-state index contributed by atoms with van der Waals surface area (Å²) in [6, 6.07) is 6.24. The van der Waals surface area contributed by atoms with Gasteiger partial charge in [-0.05, 0) is 67.9 Å². The number of thiocarbonyl (C=S) groups is 1. The van der Waals surface area contributed by atoms with Gasteiger partial charge in [-0.1, -0.05) is 38.0 Å². The maximum Gasteiger partial charge on any atom is 0.341 e. The zero-order valence-electron chi connectivity index (χ0n) is 16.8. The van der Waals surface area contributed by atoms with Crippen LogP contribution in [0, 0.1) is 6.92 Å². The summed E-state index contributed by atoms with van der Waals surface area (Å²) in [6.07, 6.45) is 7.61. The molecule has 4 nitrogen and oxygen atoms in total. The molecule has 150 valence electrons. The largest absolute Gasteiger partial charge is 0.465 e. The van der Waals surface area contributed by atoms with Gasteiger partial charge in [-0.15, -0.1) is 11.3 Å². The Bertz CT molecular complexity index is 874. The highest BCUT2D eigenvalue weighted by Gasteiger charge is 2.25. The average Bonchev–Trinajstić information content (AvgIpc) is 2.98. The van der Waals surface area contributed by atoms with E-state index in [0.29, 0.717) is 10.7 Å². The first-order valence-electron chi connectivity index (χ1n) is 9.94. The second-order valence-corrected chi connectivity index (χ2v) is 8.67. The predicted octanol–water partition coefficient (Wildman–Crippen LogP) is 5.87. The number of ether oxygens (including phenoxy) is 1. The lowest BCUT2D eigenvalue weighted by Crippen LogP contribution is -2.21. The smallest absolute Gasteiger partial charge is 0.341 e. The molecule has 0 atom stereocenters. The summed E-state index contributed by atoms with van der Waals surface area (Å²) in [6.45, 7) is 4.20. The van der Waals surface area contributed by atoms with Crippen LogP contribution in [0.1, 0.15) is 64.5 Å². The van der Waals surface area contributed by atoms with Crippen molar-refractivity contribution in [3.63, 3.8) is 0 Å². The highest BCUT2D eigenvalue weighted by atomic mass is 32.1. The van der Waals surface area contributed by atoms with Gasteiger partial charge in [0.2, 0.25) is 0 Å². The number of fused-ring (bicyclic) bond motifs is 1. The number of benzene rings is 1. The van der Waals surface area contributed by atoms with Gasteiger partial charge in [-0.25, -0.2) is 4.79 Å². The topological polar surface area (TPSA) is 50.4 Å². The van der Waals surface area contributed by atoms with Crippen molar-refractivity contribution < 1.29 is 9.53 Å². The minimum Gasteiger partial charge on any atom is -0.465 e. The SMILES string of the molecule is CCc1cccc(C)c1NC(=S)Nc1sc2c(c1C(=O)OC)CCCCCC2. The van der Waals surface area contributed by atoms with Crippen molar-refractivity contribution >= 4 is 45.3 Å². The van der Waals surface area contributed by atoms with Crippen LogP contribution in [0.3, 0.4) is 0 Å². The Kier molecular flexibility index (Phi) is 7.08. The van der Waals surface area contributed by atoms with Gasteiger partial charge in [-0.3, -0.25) is 0 Å². The molecule has 2 aromatic rings. The summed E-state index contributed by atoms with van der Waals surface area (Å²) >= 11 is 7.24. The van der Waals surface area contributed by atoms with Crippen LogP contribution in [0.2, 0.25) is 0 Å². The molecule has 0 unspecified atom stereocenters. The number of anilines is 2. The third-order valence-electron chi connectivity index (χ3n) is 5.27. The zero-order valence-corrected chi connectivity index (χ0v) is 18.4. The first-order chi connectivity index (χ1) is 13.5. The molecular formula is C22H28N2O2S2. The molecule has 1 aromatic carbocycles. The van der Waals surface area contributed by atoms with E-state index in [1.165, 1.54) is 36.8 Å². The Morgan fingerprint density at radius 1 is 1.18 bits per heavy atom. The van der Waals surface area contributed by atoms with E-state index in [4.69, 9.17) is 17.0 Å². The lowest BCUT2D eigenvalue weighted by Gasteiger charge is -2.16. The van der Waals surface area contributed by atoms with Gasteiger partial charge in [-0.2, -0.15) is 0 Å². The van der Waals surface area contributed by atoms with Crippen LogP contribution in [-0.4, -0.2) is 18.2 Å². The molecule has 0 amide bonds. The van der Waals surface area contributed by atoms with Crippen LogP contribution in [0.4, 0.5) is 10.7 Å². The van der Waals surface area contributed by atoms with Crippen molar-refractivity contribution in [3.05, 3.63) is 45.3 Å². The number of rotatable bonds is 4. The lowest BCUT2D eigenvalue weighted by atomic mass is 9.96. The third-order valence-corrected chi connectivity index (χ3v) is 6.68. The monoisotopic (exact) mass is 416 g/mol. The van der Waals surface area contributed by atoms with Crippen LogP contribution in [0.5, 0.6) is 0 Å². The number of carbonyl (C=O) groups is 1. The minimum atomic E-state index is -0.284. The maximum atomic E-state index is 12.5. The first kappa shape index (κ1) is 20.8. The number of esters is 1. The number of carbonyl (C=O) groups excluding carboxylic acids is 1. The van der Waals surface area contributed by atoms with Crippen LogP contribution in [0.15, 0.2) is 18.2 Å². The fraction of sp³-hybridized carbons (Fsp3) is 0.455. The normalized spacial score (nSPS) is 13.8. The molecule has 3 rings (SSSR count). The minimum absolute atomic E-state index is 0.284. The van der Waals surface area contributed by atoms with Gasteiger partial charge in [0.1, 0.15) is 5.00 Å². The van der Waals surface area contributed by atoms with Gasteiger partial charge < -0.3 is 15.4 Å². The average molecular weight is 417 g/mol. The Hall–Kier alpha value is -1.92. The molecular weight excluding hydrogens is 388 g/mol. The predicted molar refractivity (Wildman–Crippen MR) is 122 cm³/mol. The van der Waals surface area contributed by atoms with Gasteiger partial charge in [0, 0.05) is 10.6 Å². The number of hydrogen-bond acceptors (Lipinski definition) is 4. The van der Waals surface area contributed by atoms with E-state index < -0.39 is 0 Å². The molecule has 0 saturated heterocycles. The van der Waals surface area contributed by atoms with Gasteiger partial charge >= 0.3 is 5.97 Å². The number of thiophene rings is 1. The standard InChI is InChI=1S/C22H28N2O2S2/c1-4-15-11-9-10-14(2)19(15)23-22(27)24-20-18(21(25)26-3)16-12-7-5-6-8-13-17(16)28-20/h9-11H,4-8,12-13H2,1-3H3,(H2,23,24,27). The summed E-state index contributed by atoms with van der Waals surface area (Å²) < 4.78 is 5.09. The second-order valence-electron chi connectivity index (χ2n) is 7.16. The molecule has 0 bridgehead atoms. The maximum absolute atomic E-state index is 12.5. The number of nitrogens with one attached hydrogen (secondary N) is 2. The van der Waals surface area contributed by atoms with Crippen molar-refractivity contribution in [1.29, 1.82) is 0 Å². The molecule has 0 fully saturated rings. The summed E-state index contributed by atoms with van der Waals surface area (Å²) in [4.78, 5) is 13.8. The van der Waals surface area contributed by atoms with E-state index >= 15 is 0 Å². The Balaban J connectivity index is 1.88. The fourth-order valence-corrected chi connectivity index (χ4v) is 5.33. The Morgan fingerprint density at radius 2 is 1.93 bits per heavy atom. The second kappa shape index (κ2) is 9.52. The summed E-state index contributed by atoms with van der Waals surface area (Å²) in [7, 11) is 1.44. The lowest BCUT2D eigenvalue weighted by molar-refractivity contribution is 0.0601. The fourth-order valence-electron chi connectivity index (χ4n) is 3.78. The van der Waals surface area contributed by atoms with Crippen molar-refractivity contribution in [2.75, 3.05) is 17.7 Å². The van der Waals surface area contributed by atoms with Crippen LogP contribution in [-0.2, 0) is 24.0 Å². The molecule has 0 spiro atoms. The van der Waals surface area contributed by atoms with Crippen LogP contribution in [0.25, 0.3) is 0 Å². The quantitative estimate of drug-likeness (QED) is 0.482. The number of para-hydroxylation sites is 1. The van der Waals surface area contributed by atoms with E-state index in [9.17, 15) is 4.79 Å². The summed E-state index contributed by atoms with van der Waals surface area (Å²) in [5.41, 5.74) is 5.21. The van der Waals surface area contributed by atoms with Crippen molar-refractivity contribution in [2.24, 2.45) is 0 Å². The Labute approximate surface area is 176 Å². The van der Waals surface area contributed by atoms with Crippen LogP contribution >= 0.6 is 23.6 Å². The van der Waals surface area contributed by atoms with Crippen molar-refractivity contribution in [1.82, 2.24) is 0 Å². The highest BCUT2D eigenvalue weighted by molar-refractivity contribution is 7.80. The van der Waals surface area contributed by atoms with E-state index in [-0.39, 0.29) is 5.97 Å². The van der Waals surface area contributed by atoms with Crippen LogP contribution < -0.4 is 10.6 Å². The molecule has 1 aromatic heterocycles. The zero-order chi connectivity index (χ0) is 20.1. The summed E-state index contributed by atoms with van der Waals surface area (Å²) in [5, 5.41) is 7.93. The van der Waals surface area contributed by atoms with E-state index in [1.54, 1.807) is 11.3 Å². The van der Waals surface area contributed by atoms with E-state index in [2.05, 4.69) is 42.7 Å². The van der Waals surface area contributed by atoms with Gasteiger partial charge in [0.15, 0.2) is 5.11 Å². The number of aryl methyl sites for hydroxylation is 3. The molecule has 0 radical (unpaired) electrons. The molecule has 0 saturated carbocycles. The summed E-state index contributed by atoms with van der Waals surface area (Å²) in [5.74, 6) is -0.284. The number of hydrogen-bond donors (Lipinski definition) is 2. The molecule has 28 heavy (non-hydrogen) atoms.